The maximum absolute atomic E-state index is 7.14. The molecule has 0 saturated heterocycles. The van der Waals surface area contributed by atoms with Gasteiger partial charge in [0, 0.05) is 12.3 Å². The number of nitrogens with zero attached hydrogens (tertiary/aromatic N) is 1. The maximum atomic E-state index is 7.14. The molecule has 1 nitrogen and oxygen atoms in total. The fourth-order valence-corrected chi connectivity index (χ4v) is 0.376. The highest BCUT2D eigenvalue weighted by molar-refractivity contribution is 5.44. The third kappa shape index (κ3) is 0.936. The molecule has 0 fully saturated rings. The Morgan fingerprint density at radius 2 is 2.50 bits per heavy atom. The van der Waals surface area contributed by atoms with Gasteiger partial charge in [-0.15, -0.1) is 0 Å². The second kappa shape index (κ2) is 2.26. The average Bonchev–Trinajstić information content (AvgIpc) is 1.81. The zero-order chi connectivity index (χ0) is 9.14. The Morgan fingerprint density at radius 3 is 3.12 bits per heavy atom. The molecule has 0 spiro atoms. The van der Waals surface area contributed by atoms with E-state index in [0.717, 1.165) is 0 Å². The molecule has 8 heavy (non-hydrogen) atoms. The summed E-state index contributed by atoms with van der Waals surface area (Å²) < 4.78 is 28.0. The molecule has 0 radical (unpaired) electrons. The summed E-state index contributed by atoms with van der Waals surface area (Å²) in [6.07, 6.45) is 1.22. The summed E-state index contributed by atoms with van der Waals surface area (Å²) in [7, 11) is 0. The molecule has 0 amide bonds. The standard InChI is InChI=1S/C7H7N/c1-2-7-3-5-8-6-4-7/h2-6H,1H2/i1D2,5D,6D. The molecule has 0 aliphatic heterocycles. The van der Waals surface area contributed by atoms with Crippen LogP contribution in [0.4, 0.5) is 0 Å². The van der Waals surface area contributed by atoms with Crippen molar-refractivity contribution in [3.63, 3.8) is 0 Å². The van der Waals surface area contributed by atoms with E-state index in [1.165, 1.54) is 18.2 Å². The van der Waals surface area contributed by atoms with Gasteiger partial charge in [-0.25, -0.2) is 0 Å². The van der Waals surface area contributed by atoms with Crippen molar-refractivity contribution in [3.05, 3.63) is 36.6 Å². The Balaban J connectivity index is 3.09. The Kier molecular flexibility index (Phi) is 0.570. The molecule has 1 rings (SSSR count). The van der Waals surface area contributed by atoms with E-state index >= 15 is 0 Å². The Morgan fingerprint density at radius 1 is 1.75 bits per heavy atom. The van der Waals surface area contributed by atoms with E-state index in [0.29, 0.717) is 5.56 Å². The van der Waals surface area contributed by atoms with E-state index in [1.807, 2.05) is 0 Å². The van der Waals surface area contributed by atoms with Gasteiger partial charge in [0.2, 0.25) is 0 Å². The van der Waals surface area contributed by atoms with Crippen molar-refractivity contribution in [1.82, 2.24) is 4.98 Å². The van der Waals surface area contributed by atoms with Crippen LogP contribution in [0.15, 0.2) is 31.0 Å². The van der Waals surface area contributed by atoms with Gasteiger partial charge in [-0.2, -0.15) is 0 Å². The molecule has 0 saturated carbocycles. The summed E-state index contributed by atoms with van der Waals surface area (Å²) in [5.74, 6) is 0. The maximum Gasteiger partial charge on any atom is 0.0840 e. The van der Waals surface area contributed by atoms with Crippen molar-refractivity contribution in [2.45, 2.75) is 0 Å². The van der Waals surface area contributed by atoms with Crippen molar-refractivity contribution in [1.29, 1.82) is 0 Å². The SMILES string of the molecule is [2H]C([2H])=Cc1cc([2H])nc([2H])c1. The van der Waals surface area contributed by atoms with Crippen LogP contribution in [-0.2, 0) is 0 Å². The molecule has 0 bridgehead atoms. The first kappa shape index (κ1) is 2.02. The smallest absolute Gasteiger partial charge is 0.0840 e. The minimum Gasteiger partial charge on any atom is -0.265 e. The summed E-state index contributed by atoms with van der Waals surface area (Å²) >= 11 is 0. The number of aromatic nitrogens is 1. The fraction of sp³-hybridized carbons (Fsp3) is 0. The number of rotatable bonds is 1. The quantitative estimate of drug-likeness (QED) is 0.535. The van der Waals surface area contributed by atoms with Crippen LogP contribution >= 0.6 is 0 Å². The molecule has 40 valence electrons. The predicted octanol–water partition coefficient (Wildman–Crippen LogP) is 1.72. The van der Waals surface area contributed by atoms with Gasteiger partial charge in [0.15, 0.2) is 0 Å². The van der Waals surface area contributed by atoms with Gasteiger partial charge in [-0.1, -0.05) is 12.6 Å². The Hall–Kier alpha value is -1.11. The lowest BCUT2D eigenvalue weighted by molar-refractivity contribution is 1.32. The zero-order valence-corrected chi connectivity index (χ0v) is 4.18. The van der Waals surface area contributed by atoms with Gasteiger partial charge < -0.3 is 0 Å². The third-order valence-electron chi connectivity index (χ3n) is 0.758. The van der Waals surface area contributed by atoms with Gasteiger partial charge >= 0.3 is 0 Å². The monoisotopic (exact) mass is 109 g/mol. The lowest BCUT2D eigenvalue weighted by atomic mass is 10.3. The van der Waals surface area contributed by atoms with E-state index < -0.39 is 0 Å². The van der Waals surface area contributed by atoms with Crippen LogP contribution in [-0.4, -0.2) is 4.98 Å². The molecule has 0 atom stereocenters. The summed E-state index contributed by atoms with van der Waals surface area (Å²) in [5.41, 5.74) is 0.500. The van der Waals surface area contributed by atoms with Crippen LogP contribution in [0.3, 0.4) is 0 Å². The zero-order valence-electron chi connectivity index (χ0n) is 8.18. The lowest BCUT2D eigenvalue weighted by Crippen LogP contribution is -1.69. The van der Waals surface area contributed by atoms with Crippen LogP contribution in [0.1, 0.15) is 11.0 Å². The average molecular weight is 109 g/mol. The predicted molar refractivity (Wildman–Crippen MR) is 34.3 cm³/mol. The minimum atomic E-state index is -0.347. The molecule has 1 aromatic rings. The summed E-state index contributed by atoms with van der Waals surface area (Å²) in [4.78, 5) is 3.52. The first-order valence-electron chi connectivity index (χ1n) is 4.18. The highest BCUT2D eigenvalue weighted by Gasteiger charge is 1.76. The van der Waals surface area contributed by atoms with Gasteiger partial charge in [-0.05, 0) is 17.7 Å². The van der Waals surface area contributed by atoms with Crippen molar-refractivity contribution in [3.8, 4) is 0 Å². The highest BCUT2D eigenvalue weighted by atomic mass is 14.6. The van der Waals surface area contributed by atoms with E-state index in [1.54, 1.807) is 0 Å². The van der Waals surface area contributed by atoms with E-state index in [-0.39, 0.29) is 18.9 Å². The molecule has 0 aliphatic rings. The van der Waals surface area contributed by atoms with Crippen LogP contribution in [0.25, 0.3) is 6.08 Å². The van der Waals surface area contributed by atoms with E-state index in [2.05, 4.69) is 4.98 Å². The normalized spacial score (nSPS) is 15.0. The summed E-state index contributed by atoms with van der Waals surface area (Å²) in [6.45, 7) is -0.347. The van der Waals surface area contributed by atoms with Crippen LogP contribution < -0.4 is 0 Å². The van der Waals surface area contributed by atoms with Crippen molar-refractivity contribution in [2.75, 3.05) is 0 Å². The number of hydrogen-bond acceptors (Lipinski definition) is 1. The second-order valence-corrected chi connectivity index (χ2v) is 1.30. The van der Waals surface area contributed by atoms with Gasteiger partial charge in [0.1, 0.15) is 0 Å². The molecule has 0 N–H and O–H groups in total. The highest BCUT2D eigenvalue weighted by Crippen LogP contribution is 1.94. The van der Waals surface area contributed by atoms with Crippen molar-refractivity contribution < 1.29 is 5.48 Å². The van der Waals surface area contributed by atoms with Gasteiger partial charge in [0.05, 0.1) is 5.48 Å². The van der Waals surface area contributed by atoms with E-state index in [9.17, 15) is 0 Å². The molecular formula is C7H7N. The number of hydrogen-bond donors (Lipinski definition) is 0. The second-order valence-electron chi connectivity index (χ2n) is 1.30. The van der Waals surface area contributed by atoms with Crippen LogP contribution in [0.5, 0.6) is 0 Å². The molecule has 1 aromatic heterocycles. The Labute approximate surface area is 54.3 Å². The van der Waals surface area contributed by atoms with E-state index in [4.69, 9.17) is 5.48 Å². The molecule has 1 heteroatoms. The van der Waals surface area contributed by atoms with Gasteiger partial charge in [0.25, 0.3) is 0 Å². The molecule has 0 aromatic carbocycles. The Bertz CT molecular complexity index is 297. The summed E-state index contributed by atoms with van der Waals surface area (Å²) in [5, 5.41) is 0. The molecule has 0 unspecified atom stereocenters. The van der Waals surface area contributed by atoms with Crippen LogP contribution in [0, 0.1) is 0 Å². The lowest BCUT2D eigenvalue weighted by Gasteiger charge is -1.84. The van der Waals surface area contributed by atoms with Crippen LogP contribution in [0.2, 0.25) is 0 Å². The largest absolute Gasteiger partial charge is 0.265 e. The minimum absolute atomic E-state index is 0.0185. The molecule has 0 aliphatic carbocycles. The molecule has 1 heterocycles. The first-order chi connectivity index (χ1) is 5.58. The number of pyridine rings is 1. The molecular weight excluding hydrogens is 98.1 g/mol. The fourth-order valence-electron chi connectivity index (χ4n) is 0.376. The van der Waals surface area contributed by atoms with Gasteiger partial charge in [-0.3, -0.25) is 4.98 Å². The van der Waals surface area contributed by atoms with Crippen molar-refractivity contribution in [2.24, 2.45) is 0 Å². The first-order valence-corrected chi connectivity index (χ1v) is 2.18. The topological polar surface area (TPSA) is 12.9 Å². The summed E-state index contributed by atoms with van der Waals surface area (Å²) in [6, 6.07) is 2.81. The van der Waals surface area contributed by atoms with Crippen molar-refractivity contribution >= 4 is 6.08 Å². The third-order valence-corrected chi connectivity index (χ3v) is 0.758.